The molecule has 0 unspecified atom stereocenters. The van der Waals surface area contributed by atoms with Crippen molar-refractivity contribution in [3.05, 3.63) is 33.1 Å². The minimum atomic E-state index is -0.0588. The topological polar surface area (TPSA) is 119 Å². The van der Waals surface area contributed by atoms with E-state index in [2.05, 4.69) is 36.4 Å². The highest BCUT2D eigenvalue weighted by Crippen LogP contribution is 2.32. The van der Waals surface area contributed by atoms with Crippen molar-refractivity contribution in [3.63, 3.8) is 0 Å². The van der Waals surface area contributed by atoms with Crippen molar-refractivity contribution in [3.8, 4) is 0 Å². The lowest BCUT2D eigenvalue weighted by molar-refractivity contribution is 1.18. The number of aryl methyl sites for hydroxylation is 1. The number of benzene rings is 1. The summed E-state index contributed by atoms with van der Waals surface area (Å²) in [5, 5.41) is 5.80. The van der Waals surface area contributed by atoms with Crippen LogP contribution >= 0.6 is 15.9 Å². The van der Waals surface area contributed by atoms with Crippen LogP contribution < -0.4 is 16.8 Å². The van der Waals surface area contributed by atoms with E-state index < -0.39 is 0 Å². The highest BCUT2D eigenvalue weighted by Gasteiger charge is 2.13. The SMILES string of the molecule is Cc1cc(Br)ccc1Nc1nc(N)nc(N)c1N=O. The third kappa shape index (κ3) is 2.79. The number of hydrogen-bond donors (Lipinski definition) is 3. The van der Waals surface area contributed by atoms with Crippen molar-refractivity contribution in [2.24, 2.45) is 5.18 Å². The Kier molecular flexibility index (Phi) is 3.61. The molecule has 2 aromatic rings. The number of nitrogens with one attached hydrogen (secondary N) is 1. The molecule has 0 spiro atoms. The minimum absolute atomic E-state index is 0.0258. The highest BCUT2D eigenvalue weighted by molar-refractivity contribution is 9.10. The van der Waals surface area contributed by atoms with Crippen LogP contribution in [0.15, 0.2) is 27.8 Å². The molecule has 0 fully saturated rings. The molecule has 0 saturated heterocycles. The first kappa shape index (κ1) is 13.2. The summed E-state index contributed by atoms with van der Waals surface area (Å²) in [6.07, 6.45) is 0. The maximum absolute atomic E-state index is 10.8. The second kappa shape index (κ2) is 5.19. The number of hydrogen-bond acceptors (Lipinski definition) is 7. The van der Waals surface area contributed by atoms with Gasteiger partial charge in [-0.3, -0.25) is 0 Å². The molecule has 1 heterocycles. The summed E-state index contributed by atoms with van der Waals surface area (Å²) in [6, 6.07) is 5.62. The Morgan fingerprint density at radius 3 is 2.68 bits per heavy atom. The molecule has 19 heavy (non-hydrogen) atoms. The van der Waals surface area contributed by atoms with Crippen molar-refractivity contribution < 1.29 is 0 Å². The van der Waals surface area contributed by atoms with E-state index in [9.17, 15) is 4.91 Å². The lowest BCUT2D eigenvalue weighted by Gasteiger charge is -2.11. The molecule has 5 N–H and O–H groups in total. The minimum Gasteiger partial charge on any atom is -0.382 e. The van der Waals surface area contributed by atoms with Crippen LogP contribution in [-0.4, -0.2) is 9.97 Å². The monoisotopic (exact) mass is 322 g/mol. The van der Waals surface area contributed by atoms with Crippen LogP contribution in [0, 0.1) is 11.8 Å². The van der Waals surface area contributed by atoms with Crippen molar-refractivity contribution in [1.29, 1.82) is 0 Å². The van der Waals surface area contributed by atoms with Gasteiger partial charge in [0.05, 0.1) is 0 Å². The van der Waals surface area contributed by atoms with E-state index in [1.165, 1.54) is 0 Å². The summed E-state index contributed by atoms with van der Waals surface area (Å²) in [5.74, 6) is 0.104. The van der Waals surface area contributed by atoms with Crippen molar-refractivity contribution >= 4 is 44.9 Å². The zero-order valence-electron chi connectivity index (χ0n) is 10.0. The number of nitrogens with zero attached hydrogens (tertiary/aromatic N) is 3. The molecule has 0 aliphatic heterocycles. The maximum atomic E-state index is 10.8. The molecule has 8 heteroatoms. The molecule has 0 radical (unpaired) electrons. The van der Waals surface area contributed by atoms with E-state index in [1.807, 2.05) is 25.1 Å². The molecule has 0 amide bonds. The quantitative estimate of drug-likeness (QED) is 0.747. The van der Waals surface area contributed by atoms with Crippen LogP contribution in [0.4, 0.5) is 29.0 Å². The van der Waals surface area contributed by atoms with Crippen LogP contribution in [0.5, 0.6) is 0 Å². The molecule has 0 aliphatic carbocycles. The lowest BCUT2D eigenvalue weighted by Crippen LogP contribution is -2.04. The molecule has 0 aliphatic rings. The third-order valence-electron chi connectivity index (χ3n) is 2.46. The van der Waals surface area contributed by atoms with Gasteiger partial charge >= 0.3 is 0 Å². The Balaban J connectivity index is 2.45. The normalized spacial score (nSPS) is 10.2. The number of nitrogens with two attached hydrogens (primary N) is 2. The fraction of sp³-hybridized carbons (Fsp3) is 0.0909. The fourth-order valence-electron chi connectivity index (χ4n) is 1.56. The van der Waals surface area contributed by atoms with Crippen molar-refractivity contribution in [1.82, 2.24) is 9.97 Å². The van der Waals surface area contributed by atoms with Gasteiger partial charge in [0.15, 0.2) is 17.3 Å². The first-order chi connectivity index (χ1) is 9.01. The molecule has 98 valence electrons. The molecule has 7 nitrogen and oxygen atoms in total. The number of anilines is 4. The fourth-order valence-corrected chi connectivity index (χ4v) is 2.04. The van der Waals surface area contributed by atoms with Gasteiger partial charge in [0.25, 0.3) is 0 Å². The molecule has 0 bridgehead atoms. The second-order valence-electron chi connectivity index (χ2n) is 3.84. The zero-order chi connectivity index (χ0) is 14.0. The summed E-state index contributed by atoms with van der Waals surface area (Å²) < 4.78 is 0.950. The van der Waals surface area contributed by atoms with Gasteiger partial charge in [-0.15, -0.1) is 4.91 Å². The highest BCUT2D eigenvalue weighted by atomic mass is 79.9. The second-order valence-corrected chi connectivity index (χ2v) is 4.76. The van der Waals surface area contributed by atoms with Crippen LogP contribution in [0.3, 0.4) is 0 Å². The third-order valence-corrected chi connectivity index (χ3v) is 2.95. The summed E-state index contributed by atoms with van der Waals surface area (Å²) in [5.41, 5.74) is 12.8. The van der Waals surface area contributed by atoms with E-state index in [0.29, 0.717) is 0 Å². The average molecular weight is 323 g/mol. The van der Waals surface area contributed by atoms with Gasteiger partial charge in [0, 0.05) is 10.2 Å². The Hall–Kier alpha value is -2.22. The molecule has 0 saturated carbocycles. The van der Waals surface area contributed by atoms with E-state index in [0.717, 1.165) is 15.7 Å². The molecule has 0 atom stereocenters. The first-order valence-corrected chi connectivity index (χ1v) is 6.10. The van der Waals surface area contributed by atoms with Gasteiger partial charge in [0.1, 0.15) is 0 Å². The molecule has 1 aromatic carbocycles. The van der Waals surface area contributed by atoms with Crippen molar-refractivity contribution in [2.45, 2.75) is 6.92 Å². The van der Waals surface area contributed by atoms with Crippen LogP contribution in [0.25, 0.3) is 0 Å². The number of rotatable bonds is 3. The van der Waals surface area contributed by atoms with Gasteiger partial charge in [-0.25, -0.2) is 0 Å². The Bertz CT molecular complexity index is 645. The summed E-state index contributed by atoms with van der Waals surface area (Å²) >= 11 is 3.37. The van der Waals surface area contributed by atoms with Gasteiger partial charge in [-0.05, 0) is 35.9 Å². The smallest absolute Gasteiger partial charge is 0.224 e. The largest absolute Gasteiger partial charge is 0.382 e. The van der Waals surface area contributed by atoms with Gasteiger partial charge in [0.2, 0.25) is 5.95 Å². The molecule has 2 rings (SSSR count). The maximum Gasteiger partial charge on any atom is 0.224 e. The number of nitrogen functional groups attached to an aromatic ring is 2. The van der Waals surface area contributed by atoms with Gasteiger partial charge < -0.3 is 16.8 Å². The first-order valence-electron chi connectivity index (χ1n) is 5.30. The molecular weight excluding hydrogens is 312 g/mol. The van der Waals surface area contributed by atoms with E-state index >= 15 is 0 Å². The summed E-state index contributed by atoms with van der Waals surface area (Å²) in [7, 11) is 0. The lowest BCUT2D eigenvalue weighted by atomic mass is 10.2. The Morgan fingerprint density at radius 1 is 1.32 bits per heavy atom. The number of aromatic nitrogens is 2. The summed E-state index contributed by atoms with van der Waals surface area (Å²) in [4.78, 5) is 18.4. The van der Waals surface area contributed by atoms with Gasteiger partial charge in [-0.2, -0.15) is 9.97 Å². The van der Waals surface area contributed by atoms with Crippen LogP contribution in [-0.2, 0) is 0 Å². The van der Waals surface area contributed by atoms with Gasteiger partial charge in [-0.1, -0.05) is 15.9 Å². The standard InChI is InChI=1S/C11H11BrN6O/c1-5-4-6(12)2-3-7(5)15-10-8(18-19)9(13)16-11(14)17-10/h2-4H,1H3,(H5,13,14,15,16,17). The van der Waals surface area contributed by atoms with E-state index in [4.69, 9.17) is 11.5 Å². The molecular formula is C11H11BrN6O. The number of halogens is 1. The molecule has 1 aromatic heterocycles. The number of nitroso groups, excluding NO2 is 1. The average Bonchev–Trinajstić information content (AvgIpc) is 2.32. The van der Waals surface area contributed by atoms with Crippen molar-refractivity contribution in [2.75, 3.05) is 16.8 Å². The van der Waals surface area contributed by atoms with Crippen LogP contribution in [0.1, 0.15) is 5.56 Å². The summed E-state index contributed by atoms with van der Waals surface area (Å²) in [6.45, 7) is 1.91. The predicted octanol–water partition coefficient (Wildman–Crippen LogP) is 2.85. The Morgan fingerprint density at radius 2 is 2.05 bits per heavy atom. The zero-order valence-corrected chi connectivity index (χ0v) is 11.6. The van der Waals surface area contributed by atoms with E-state index in [-0.39, 0.29) is 23.3 Å². The van der Waals surface area contributed by atoms with Crippen LogP contribution in [0.2, 0.25) is 0 Å². The van der Waals surface area contributed by atoms with E-state index in [1.54, 1.807) is 0 Å². The predicted molar refractivity (Wildman–Crippen MR) is 78.5 cm³/mol. The Labute approximate surface area is 117 Å².